The Hall–Kier alpha value is 0.208. The van der Waals surface area contributed by atoms with Gasteiger partial charge in [-0.15, -0.1) is 0 Å². The smallest absolute Gasteiger partial charge is 0.268 e. The highest BCUT2D eigenvalue weighted by Crippen LogP contribution is 2.36. The van der Waals surface area contributed by atoms with Crippen molar-refractivity contribution in [2.75, 3.05) is 0 Å². The van der Waals surface area contributed by atoms with Gasteiger partial charge < -0.3 is 9.32 Å². The number of rotatable bonds is 0. The highest BCUT2D eigenvalue weighted by atomic mass is 29.8. The van der Waals surface area contributed by atoms with Crippen LogP contribution in [0.1, 0.15) is 13.8 Å². The first kappa shape index (κ1) is 6.89. The lowest BCUT2D eigenvalue weighted by Crippen LogP contribution is -2.85. The van der Waals surface area contributed by atoms with Gasteiger partial charge in [-0.3, -0.25) is 0 Å². The zero-order chi connectivity index (χ0) is 7.57. The average molecular weight is 194 g/mol. The van der Waals surface area contributed by atoms with E-state index in [2.05, 4.69) is 42.7 Å². The summed E-state index contributed by atoms with van der Waals surface area (Å²) < 4.78 is 8.88. The molecule has 0 aromatic rings. The van der Waals surface area contributed by atoms with Crippen LogP contribution in [-0.2, 0) is 0 Å². The minimum absolute atomic E-state index is 1.30. The Labute approximate surface area is 68.2 Å². The number of hydrogen-bond acceptors (Lipinski definition) is 2. The molecule has 2 aliphatic heterocycles. The van der Waals surface area contributed by atoms with Crippen molar-refractivity contribution in [1.82, 2.24) is 0 Å². The molecule has 0 fully saturated rings. The maximum atomic E-state index is 4.44. The molecule has 0 aromatic carbocycles. The van der Waals surface area contributed by atoms with Crippen molar-refractivity contribution >= 4 is 44.7 Å². The van der Waals surface area contributed by atoms with Gasteiger partial charge >= 0.3 is 0 Å². The molecule has 0 aliphatic carbocycles. The van der Waals surface area contributed by atoms with Crippen LogP contribution in [0.25, 0.3) is 0 Å². The normalized spacial score (nSPS) is 50.0. The maximum Gasteiger partial charge on any atom is 0.268 e. The van der Waals surface area contributed by atoms with E-state index in [1.165, 1.54) is 10.7 Å². The predicted octanol–water partition coefficient (Wildman–Crippen LogP) is -0.686. The molecule has 0 N–H and O–H groups in total. The maximum absolute atomic E-state index is 4.44. The molecule has 0 atom stereocenters. The van der Waals surface area contributed by atoms with E-state index in [-0.39, 0.29) is 0 Å². The van der Waals surface area contributed by atoms with Crippen molar-refractivity contribution in [2.45, 2.75) is 13.8 Å². The summed E-state index contributed by atoms with van der Waals surface area (Å²) in [5.41, 5.74) is 0. The minimum Gasteiger partial charge on any atom is -0.315 e. The van der Waals surface area contributed by atoms with Gasteiger partial charge in [0.1, 0.15) is 0 Å². The third kappa shape index (κ3) is 0.438. The Kier molecular flexibility index (Phi) is 1.05. The van der Waals surface area contributed by atoms with Crippen LogP contribution < -0.4 is 0 Å². The minimum atomic E-state index is -1.59. The topological polar surface area (TPSA) is 24.7 Å². The first-order valence-electron chi connectivity index (χ1n) is 3.14. The Morgan fingerprint density at radius 2 is 1.50 bits per heavy atom. The summed E-state index contributed by atoms with van der Waals surface area (Å²) in [7, 11) is 4.59. The van der Waals surface area contributed by atoms with E-state index in [1.54, 1.807) is 0 Å². The molecule has 2 rings (SSSR count). The monoisotopic (exact) mass is 194 g/mol. The molecule has 10 heavy (non-hydrogen) atoms. The Balaban J connectivity index is 2.51. The van der Waals surface area contributed by atoms with Crippen molar-refractivity contribution < 1.29 is 0 Å². The Morgan fingerprint density at radius 3 is 1.60 bits per heavy atom. The molecule has 0 bridgehead atoms. The molecule has 2 aliphatic rings. The van der Waals surface area contributed by atoms with E-state index in [1.807, 2.05) is 0 Å². The summed E-state index contributed by atoms with van der Waals surface area (Å²) in [6, 6.07) is 0. The van der Waals surface area contributed by atoms with E-state index in [4.69, 9.17) is 0 Å². The van der Waals surface area contributed by atoms with E-state index in [0.29, 0.717) is 0 Å². The fourth-order valence-corrected chi connectivity index (χ4v) is 17.5. The lowest BCUT2D eigenvalue weighted by Gasteiger charge is -2.53. The SMILES string of the molecule is CC1=N[Si]2([Si])N=C(C)[Si]12[Si]. The van der Waals surface area contributed by atoms with E-state index in [0.717, 1.165) is 0 Å². The molecule has 0 unspecified atom stereocenters. The molecular formula is C4H6N2Si4. The predicted molar refractivity (Wildman–Crippen MR) is 49.2 cm³/mol. The molecule has 0 spiro atoms. The summed E-state index contributed by atoms with van der Waals surface area (Å²) >= 11 is 0. The first-order valence-corrected chi connectivity index (χ1v) is 11.0. The molecule has 48 valence electrons. The van der Waals surface area contributed by atoms with Gasteiger partial charge in [0.25, 0.3) is 7.43 Å². The first-order chi connectivity index (χ1) is 4.51. The molecule has 6 radical (unpaired) electrons. The third-order valence-electron chi connectivity index (χ3n) is 2.27. The van der Waals surface area contributed by atoms with Crippen LogP contribution in [-0.4, -0.2) is 44.7 Å². The summed E-state index contributed by atoms with van der Waals surface area (Å²) in [5, 5.41) is 2.61. The van der Waals surface area contributed by atoms with Crippen LogP contribution >= 0.6 is 0 Å². The van der Waals surface area contributed by atoms with Crippen molar-refractivity contribution in [3.05, 3.63) is 0 Å². The quantitative estimate of drug-likeness (QED) is 0.456. The van der Waals surface area contributed by atoms with Gasteiger partial charge in [0.2, 0.25) is 0 Å². The second-order valence-corrected chi connectivity index (χ2v) is 19.2. The average Bonchev–Trinajstić information content (AvgIpc) is 1.86. The molecule has 0 saturated carbocycles. The molecule has 0 saturated heterocycles. The lowest BCUT2D eigenvalue weighted by molar-refractivity contribution is 1.53. The number of fused-ring (bicyclic) bond motifs is 1. The van der Waals surface area contributed by atoms with Crippen LogP contribution in [0.2, 0.25) is 0 Å². The fraction of sp³-hybridized carbons (Fsp3) is 0.500. The number of hydrogen-bond donors (Lipinski definition) is 0. The summed E-state index contributed by atoms with van der Waals surface area (Å²) in [6.07, 6.45) is 0. The van der Waals surface area contributed by atoms with Crippen molar-refractivity contribution in [2.24, 2.45) is 9.32 Å². The Morgan fingerprint density at radius 1 is 1.10 bits per heavy atom. The largest absolute Gasteiger partial charge is 0.315 e. The van der Waals surface area contributed by atoms with E-state index < -0.39 is 14.5 Å². The van der Waals surface area contributed by atoms with Crippen LogP contribution in [0.15, 0.2) is 9.32 Å². The second kappa shape index (κ2) is 1.52. The van der Waals surface area contributed by atoms with Crippen LogP contribution in [0.5, 0.6) is 0 Å². The van der Waals surface area contributed by atoms with Gasteiger partial charge in [0.05, 0.1) is 9.76 Å². The lowest BCUT2D eigenvalue weighted by atomic mass is 10.9. The molecule has 2 heterocycles. The summed E-state index contributed by atoms with van der Waals surface area (Å²) in [4.78, 5) is 0. The van der Waals surface area contributed by atoms with E-state index in [9.17, 15) is 0 Å². The van der Waals surface area contributed by atoms with Gasteiger partial charge in [-0.05, 0) is 24.5 Å². The van der Waals surface area contributed by atoms with Gasteiger partial charge in [-0.1, -0.05) is 0 Å². The highest BCUT2D eigenvalue weighted by Gasteiger charge is 2.66. The van der Waals surface area contributed by atoms with Crippen molar-refractivity contribution in [3.8, 4) is 0 Å². The van der Waals surface area contributed by atoms with Crippen LogP contribution in [0, 0.1) is 0 Å². The van der Waals surface area contributed by atoms with Gasteiger partial charge in [0, 0.05) is 9.76 Å². The molecule has 6 heteroatoms. The highest BCUT2D eigenvalue weighted by molar-refractivity contribution is 7.91. The van der Waals surface area contributed by atoms with Gasteiger partial charge in [0.15, 0.2) is 7.11 Å². The third-order valence-corrected chi connectivity index (χ3v) is 25.1. The second-order valence-electron chi connectivity index (χ2n) is 2.82. The zero-order valence-corrected chi connectivity index (χ0v) is 9.89. The van der Waals surface area contributed by atoms with Crippen molar-refractivity contribution in [3.63, 3.8) is 0 Å². The van der Waals surface area contributed by atoms with Gasteiger partial charge in [-0.25, -0.2) is 0 Å². The molecular weight excluding hydrogens is 188 g/mol. The van der Waals surface area contributed by atoms with Crippen molar-refractivity contribution in [1.29, 1.82) is 0 Å². The van der Waals surface area contributed by atoms with Crippen LogP contribution in [0.4, 0.5) is 0 Å². The number of nitrogens with zero attached hydrogens (tertiary/aromatic N) is 2. The van der Waals surface area contributed by atoms with Crippen LogP contribution in [0.3, 0.4) is 0 Å². The van der Waals surface area contributed by atoms with Gasteiger partial charge in [-0.2, -0.15) is 0 Å². The standard InChI is InChI=1S/C4H6N2Si4/c1-3-5-10(8)6-4(2)9(3,10)7/h1-2H3. The zero-order valence-electron chi connectivity index (χ0n) is 5.89. The van der Waals surface area contributed by atoms with E-state index >= 15 is 0 Å². The fourth-order valence-electron chi connectivity index (χ4n) is 1.51. The molecule has 0 aromatic heterocycles. The molecule has 2 nitrogen and oxygen atoms in total. The Bertz CT molecular complexity index is 248. The molecule has 0 amide bonds. The summed E-state index contributed by atoms with van der Waals surface area (Å²) in [5.74, 6) is 0. The summed E-state index contributed by atoms with van der Waals surface area (Å²) in [6.45, 7) is 4.20.